The van der Waals surface area contributed by atoms with E-state index in [4.69, 9.17) is 4.74 Å². The number of nitrogens with one attached hydrogen (secondary N) is 1. The van der Waals surface area contributed by atoms with E-state index in [0.29, 0.717) is 13.0 Å². The van der Waals surface area contributed by atoms with E-state index in [-0.39, 0.29) is 16.4 Å². The summed E-state index contributed by atoms with van der Waals surface area (Å²) in [5.74, 6) is 0.670. The van der Waals surface area contributed by atoms with Gasteiger partial charge in [0, 0.05) is 6.42 Å². The molecule has 2 aromatic carbocycles. The third kappa shape index (κ3) is 4.61. The van der Waals surface area contributed by atoms with Crippen molar-refractivity contribution in [3.05, 3.63) is 65.7 Å². The highest BCUT2D eigenvalue weighted by Gasteiger charge is 2.30. The molecular weight excluding hydrogens is 322 g/mol. The summed E-state index contributed by atoms with van der Waals surface area (Å²) in [6.07, 6.45) is 2.31. The Morgan fingerprint density at radius 3 is 2.29 bits per heavy atom. The van der Waals surface area contributed by atoms with Gasteiger partial charge in [-0.2, -0.15) is 0 Å². The van der Waals surface area contributed by atoms with Crippen LogP contribution >= 0.6 is 11.8 Å². The Bertz CT molecular complexity index is 700. The minimum atomic E-state index is -0.265. The first-order chi connectivity index (χ1) is 11.7. The molecule has 1 atom stereocenters. The van der Waals surface area contributed by atoms with Crippen molar-refractivity contribution >= 4 is 22.9 Å². The Kier molecular flexibility index (Phi) is 5.54. The van der Waals surface area contributed by atoms with Gasteiger partial charge in [0.15, 0.2) is 0 Å². The number of ether oxygens (including phenoxy) is 1. The van der Waals surface area contributed by atoms with Crippen LogP contribution in [-0.2, 0) is 17.6 Å². The second-order valence-electron chi connectivity index (χ2n) is 5.65. The minimum absolute atomic E-state index is 0.175. The second-order valence-corrected chi connectivity index (χ2v) is 6.83. The quantitative estimate of drug-likeness (QED) is 0.836. The maximum Gasteiger partial charge on any atom is 0.286 e. The first-order valence-corrected chi connectivity index (χ1v) is 8.86. The van der Waals surface area contributed by atoms with Crippen molar-refractivity contribution in [1.29, 1.82) is 0 Å². The highest BCUT2D eigenvalue weighted by Crippen LogP contribution is 2.24. The molecule has 1 unspecified atom stereocenters. The van der Waals surface area contributed by atoms with Gasteiger partial charge in [-0.05, 0) is 36.1 Å². The lowest BCUT2D eigenvalue weighted by Crippen LogP contribution is -2.24. The van der Waals surface area contributed by atoms with Crippen molar-refractivity contribution in [2.24, 2.45) is 0 Å². The SMILES string of the molecule is O=C1NC(=O)C(CCc2ccc(OCCc3ccccc3)cc2)S1. The van der Waals surface area contributed by atoms with Crippen LogP contribution in [0.1, 0.15) is 17.5 Å². The van der Waals surface area contributed by atoms with Gasteiger partial charge in [0.1, 0.15) is 5.75 Å². The van der Waals surface area contributed by atoms with E-state index in [1.165, 1.54) is 5.56 Å². The third-order valence-electron chi connectivity index (χ3n) is 3.89. The predicted octanol–water partition coefficient (Wildman–Crippen LogP) is 3.59. The zero-order valence-corrected chi connectivity index (χ0v) is 14.1. The van der Waals surface area contributed by atoms with Crippen LogP contribution in [0, 0.1) is 0 Å². The Balaban J connectivity index is 1.43. The number of amides is 2. The molecule has 0 radical (unpaired) electrons. The first-order valence-electron chi connectivity index (χ1n) is 7.98. The smallest absolute Gasteiger partial charge is 0.286 e. The molecule has 2 amide bonds. The lowest BCUT2D eigenvalue weighted by molar-refractivity contribution is -0.119. The van der Waals surface area contributed by atoms with Gasteiger partial charge in [-0.3, -0.25) is 14.9 Å². The van der Waals surface area contributed by atoms with Gasteiger partial charge in [0.25, 0.3) is 5.24 Å². The summed E-state index contributed by atoms with van der Waals surface area (Å²) >= 11 is 1.08. The number of hydrogen-bond donors (Lipinski definition) is 1. The zero-order chi connectivity index (χ0) is 16.8. The molecule has 1 aliphatic rings. The maximum absolute atomic E-state index is 11.5. The zero-order valence-electron chi connectivity index (χ0n) is 13.2. The molecule has 24 heavy (non-hydrogen) atoms. The Morgan fingerprint density at radius 2 is 1.62 bits per heavy atom. The molecule has 1 heterocycles. The van der Waals surface area contributed by atoms with E-state index in [9.17, 15) is 9.59 Å². The number of imide groups is 1. The molecule has 1 saturated heterocycles. The van der Waals surface area contributed by atoms with E-state index in [2.05, 4.69) is 17.4 Å². The third-order valence-corrected chi connectivity index (χ3v) is 4.94. The summed E-state index contributed by atoms with van der Waals surface area (Å²) in [5.41, 5.74) is 2.40. The van der Waals surface area contributed by atoms with Gasteiger partial charge in [-0.1, -0.05) is 54.2 Å². The van der Waals surface area contributed by atoms with E-state index in [0.717, 1.165) is 35.9 Å². The predicted molar refractivity (Wildman–Crippen MR) is 95.3 cm³/mol. The standard InChI is InChI=1S/C19H19NO3S/c21-18-17(24-19(22)20-18)11-8-15-6-9-16(10-7-15)23-13-12-14-4-2-1-3-5-14/h1-7,9-10,17H,8,11-13H2,(H,20,21,22). The molecule has 1 fully saturated rings. The number of carbonyl (C=O) groups excluding carboxylic acids is 2. The second kappa shape index (κ2) is 8.02. The van der Waals surface area contributed by atoms with Gasteiger partial charge < -0.3 is 4.74 Å². The molecule has 0 spiro atoms. The highest BCUT2D eigenvalue weighted by molar-refractivity contribution is 8.15. The summed E-state index contributed by atoms with van der Waals surface area (Å²) in [7, 11) is 0. The van der Waals surface area contributed by atoms with E-state index in [1.807, 2.05) is 42.5 Å². The van der Waals surface area contributed by atoms with Crippen molar-refractivity contribution in [3.8, 4) is 5.75 Å². The minimum Gasteiger partial charge on any atom is -0.493 e. The Hall–Kier alpha value is -2.27. The molecule has 124 valence electrons. The van der Waals surface area contributed by atoms with Crippen molar-refractivity contribution in [1.82, 2.24) is 5.32 Å². The number of hydrogen-bond acceptors (Lipinski definition) is 4. The molecule has 0 aromatic heterocycles. The summed E-state index contributed by atoms with van der Waals surface area (Å²) in [5, 5.41) is 1.81. The van der Waals surface area contributed by atoms with Gasteiger partial charge in [-0.25, -0.2) is 0 Å². The molecule has 0 aliphatic carbocycles. The number of benzene rings is 2. The molecule has 1 N–H and O–H groups in total. The van der Waals surface area contributed by atoms with Crippen molar-refractivity contribution in [2.75, 3.05) is 6.61 Å². The van der Waals surface area contributed by atoms with Crippen LogP contribution < -0.4 is 10.1 Å². The number of aryl methyl sites for hydroxylation is 1. The molecule has 5 heteroatoms. The van der Waals surface area contributed by atoms with Crippen molar-refractivity contribution in [3.63, 3.8) is 0 Å². The molecule has 2 aromatic rings. The molecule has 4 nitrogen and oxygen atoms in total. The van der Waals surface area contributed by atoms with E-state index >= 15 is 0 Å². The van der Waals surface area contributed by atoms with E-state index in [1.54, 1.807) is 0 Å². The van der Waals surface area contributed by atoms with Crippen LogP contribution in [0.4, 0.5) is 4.79 Å². The molecule has 3 rings (SSSR count). The fourth-order valence-corrected chi connectivity index (χ4v) is 3.38. The number of thioether (sulfide) groups is 1. The van der Waals surface area contributed by atoms with Gasteiger partial charge in [0.2, 0.25) is 5.91 Å². The fourth-order valence-electron chi connectivity index (χ4n) is 2.56. The Morgan fingerprint density at radius 1 is 0.917 bits per heavy atom. The molecule has 1 aliphatic heterocycles. The van der Waals surface area contributed by atoms with E-state index < -0.39 is 0 Å². The van der Waals surface area contributed by atoms with Gasteiger partial charge in [-0.15, -0.1) is 0 Å². The summed E-state index contributed by atoms with van der Waals surface area (Å²) in [6, 6.07) is 18.2. The van der Waals surface area contributed by atoms with Crippen LogP contribution in [0.15, 0.2) is 54.6 Å². The van der Waals surface area contributed by atoms with Gasteiger partial charge >= 0.3 is 0 Å². The molecule has 0 bridgehead atoms. The maximum atomic E-state index is 11.5. The van der Waals surface area contributed by atoms with Crippen LogP contribution in [0.5, 0.6) is 5.75 Å². The fraction of sp³-hybridized carbons (Fsp3) is 0.263. The normalized spacial score (nSPS) is 16.9. The first kappa shape index (κ1) is 16.6. The largest absolute Gasteiger partial charge is 0.493 e. The summed E-state index contributed by atoms with van der Waals surface area (Å²) in [4.78, 5) is 22.7. The molecule has 0 saturated carbocycles. The monoisotopic (exact) mass is 341 g/mol. The van der Waals surface area contributed by atoms with Crippen LogP contribution in [0.2, 0.25) is 0 Å². The highest BCUT2D eigenvalue weighted by atomic mass is 32.2. The van der Waals surface area contributed by atoms with Crippen molar-refractivity contribution < 1.29 is 14.3 Å². The Labute approximate surface area is 145 Å². The average Bonchev–Trinajstić information content (AvgIpc) is 2.93. The van der Waals surface area contributed by atoms with Crippen LogP contribution in [-0.4, -0.2) is 23.0 Å². The lowest BCUT2D eigenvalue weighted by atomic mass is 10.1. The summed E-state index contributed by atoms with van der Waals surface area (Å²) < 4.78 is 5.76. The topological polar surface area (TPSA) is 55.4 Å². The number of carbonyl (C=O) groups is 2. The average molecular weight is 341 g/mol. The van der Waals surface area contributed by atoms with Crippen molar-refractivity contribution in [2.45, 2.75) is 24.5 Å². The lowest BCUT2D eigenvalue weighted by Gasteiger charge is -2.08. The van der Waals surface area contributed by atoms with Crippen LogP contribution in [0.3, 0.4) is 0 Å². The van der Waals surface area contributed by atoms with Gasteiger partial charge in [0.05, 0.1) is 11.9 Å². The molecular formula is C19H19NO3S. The summed E-state index contributed by atoms with van der Waals surface area (Å²) in [6.45, 7) is 0.643. The number of rotatable bonds is 7. The van der Waals surface area contributed by atoms with Crippen LogP contribution in [0.25, 0.3) is 0 Å².